The van der Waals surface area contributed by atoms with Crippen LogP contribution >= 0.6 is 0 Å². The summed E-state index contributed by atoms with van der Waals surface area (Å²) in [7, 11) is 0. The van der Waals surface area contributed by atoms with Crippen LogP contribution in [0.1, 0.15) is 62.2 Å². The number of aliphatic hydroxyl groups is 2. The summed E-state index contributed by atoms with van der Waals surface area (Å²) >= 11 is 0. The van der Waals surface area contributed by atoms with E-state index in [1.807, 2.05) is 6.07 Å². The zero-order chi connectivity index (χ0) is 16.4. The van der Waals surface area contributed by atoms with Gasteiger partial charge in [-0.2, -0.15) is 0 Å². The van der Waals surface area contributed by atoms with E-state index in [0.29, 0.717) is 30.6 Å². The van der Waals surface area contributed by atoms with E-state index in [1.165, 1.54) is 5.56 Å². The first-order valence-corrected chi connectivity index (χ1v) is 8.60. The molecule has 0 aliphatic heterocycles. The third-order valence-corrected chi connectivity index (χ3v) is 7.15. The number of terminal acetylenes is 1. The van der Waals surface area contributed by atoms with Crippen molar-refractivity contribution in [2.75, 3.05) is 0 Å². The van der Waals surface area contributed by atoms with E-state index in [-0.39, 0.29) is 11.2 Å². The quantitative estimate of drug-likeness (QED) is 0.645. The molecule has 6 atom stereocenters. The van der Waals surface area contributed by atoms with Crippen LogP contribution in [0.25, 0.3) is 0 Å². The molecule has 1 unspecified atom stereocenters. The minimum absolute atomic E-state index is 0.212. The molecule has 3 aliphatic rings. The maximum absolute atomic E-state index is 10.9. The van der Waals surface area contributed by atoms with Crippen molar-refractivity contribution in [3.8, 4) is 18.1 Å². The smallest absolute Gasteiger partial charge is 0.130 e. The van der Waals surface area contributed by atoms with Crippen molar-refractivity contribution in [2.45, 2.75) is 56.7 Å². The van der Waals surface area contributed by atoms with Crippen LogP contribution in [0.3, 0.4) is 0 Å². The van der Waals surface area contributed by atoms with E-state index < -0.39 is 11.7 Å². The minimum atomic E-state index is -1.01. The van der Waals surface area contributed by atoms with E-state index >= 15 is 0 Å². The van der Waals surface area contributed by atoms with Gasteiger partial charge in [0.1, 0.15) is 11.4 Å². The molecule has 23 heavy (non-hydrogen) atoms. The van der Waals surface area contributed by atoms with Gasteiger partial charge in [0, 0.05) is 5.41 Å². The summed E-state index contributed by atoms with van der Waals surface area (Å²) in [5, 5.41) is 31.2. The van der Waals surface area contributed by atoms with Gasteiger partial charge in [0.2, 0.25) is 0 Å². The van der Waals surface area contributed by atoms with E-state index in [4.69, 9.17) is 6.42 Å². The molecule has 0 saturated heterocycles. The average molecular weight is 312 g/mol. The third-order valence-electron chi connectivity index (χ3n) is 7.15. The summed E-state index contributed by atoms with van der Waals surface area (Å²) in [5.74, 6) is 3.98. The van der Waals surface area contributed by atoms with Gasteiger partial charge in [-0.1, -0.05) is 18.9 Å². The predicted octanol–water partition coefficient (Wildman–Crippen LogP) is 3.10. The number of fused-ring (bicyclic) bond motifs is 5. The number of phenolic OH excluding ortho intramolecular Hbond substituents is 1. The van der Waals surface area contributed by atoms with Crippen LogP contribution in [0.5, 0.6) is 5.75 Å². The molecule has 4 rings (SSSR count). The SMILES string of the molecule is C#C[C@]1(O)CC[C@H]2[C@@H]3CC(O)c4cc(O)ccc4[C@H]3CC[C@@]21C. The Kier molecular flexibility index (Phi) is 3.11. The number of phenols is 1. The van der Waals surface area contributed by atoms with E-state index in [2.05, 4.69) is 12.8 Å². The molecule has 2 fully saturated rings. The molecule has 3 nitrogen and oxygen atoms in total. The van der Waals surface area contributed by atoms with Crippen molar-refractivity contribution in [1.29, 1.82) is 0 Å². The number of rotatable bonds is 0. The van der Waals surface area contributed by atoms with Gasteiger partial charge in [-0.15, -0.1) is 6.42 Å². The van der Waals surface area contributed by atoms with Gasteiger partial charge in [0.15, 0.2) is 0 Å². The second-order valence-electron chi connectivity index (χ2n) is 7.94. The molecule has 0 bridgehead atoms. The lowest BCUT2D eigenvalue weighted by Gasteiger charge is -2.52. The largest absolute Gasteiger partial charge is 0.508 e. The van der Waals surface area contributed by atoms with Crippen LogP contribution in [0.2, 0.25) is 0 Å². The fourth-order valence-electron chi connectivity index (χ4n) is 5.83. The lowest BCUT2D eigenvalue weighted by Crippen LogP contribution is -2.50. The Labute approximate surface area is 137 Å². The standard InChI is InChI=1S/C20H24O3/c1-3-20(23)9-7-17-15-11-18(22)16-10-12(21)4-5-13(16)14(15)6-8-19(17,20)2/h1,4-5,10,14-15,17-18,21-23H,6-9,11H2,2H3/t14-,15-,17+,18?,19+,20+/m1/s1. The molecule has 3 heteroatoms. The molecule has 1 aromatic rings. The molecule has 0 radical (unpaired) electrons. The van der Waals surface area contributed by atoms with Crippen molar-refractivity contribution >= 4 is 0 Å². The molecule has 3 N–H and O–H groups in total. The van der Waals surface area contributed by atoms with Crippen LogP contribution in [0.4, 0.5) is 0 Å². The number of benzene rings is 1. The minimum Gasteiger partial charge on any atom is -0.508 e. The van der Waals surface area contributed by atoms with Gasteiger partial charge in [0.05, 0.1) is 6.10 Å². The maximum Gasteiger partial charge on any atom is 0.130 e. The second-order valence-corrected chi connectivity index (χ2v) is 7.94. The highest BCUT2D eigenvalue weighted by atomic mass is 16.3. The van der Waals surface area contributed by atoms with Gasteiger partial charge in [-0.05, 0) is 73.1 Å². The van der Waals surface area contributed by atoms with Gasteiger partial charge >= 0.3 is 0 Å². The highest BCUT2D eigenvalue weighted by Crippen LogP contribution is 2.65. The summed E-state index contributed by atoms with van der Waals surface area (Å²) in [6.07, 6.45) is 9.31. The Balaban J connectivity index is 1.76. The van der Waals surface area contributed by atoms with E-state index in [9.17, 15) is 15.3 Å². The summed E-state index contributed by atoms with van der Waals surface area (Å²) in [4.78, 5) is 0. The average Bonchev–Trinajstić information content (AvgIpc) is 2.80. The molecular weight excluding hydrogens is 288 g/mol. The zero-order valence-corrected chi connectivity index (χ0v) is 13.5. The molecule has 2 saturated carbocycles. The molecule has 1 aromatic carbocycles. The Bertz CT molecular complexity index is 691. The Morgan fingerprint density at radius 3 is 2.74 bits per heavy atom. The maximum atomic E-state index is 10.9. The molecule has 0 spiro atoms. The van der Waals surface area contributed by atoms with Gasteiger partial charge in [-0.3, -0.25) is 0 Å². The van der Waals surface area contributed by atoms with Crippen LogP contribution in [0.15, 0.2) is 18.2 Å². The number of aliphatic hydroxyl groups excluding tert-OH is 1. The number of hydrogen-bond acceptors (Lipinski definition) is 3. The van der Waals surface area contributed by atoms with Crippen molar-refractivity contribution in [2.24, 2.45) is 17.3 Å². The highest BCUT2D eigenvalue weighted by Gasteiger charge is 2.61. The van der Waals surface area contributed by atoms with Crippen molar-refractivity contribution in [3.63, 3.8) is 0 Å². The molecule has 0 aromatic heterocycles. The van der Waals surface area contributed by atoms with Crippen LogP contribution in [-0.4, -0.2) is 20.9 Å². The first kappa shape index (κ1) is 15.1. The van der Waals surface area contributed by atoms with Crippen LogP contribution in [0, 0.1) is 29.6 Å². The number of aromatic hydroxyl groups is 1. The normalized spacial score (nSPS) is 44.8. The summed E-state index contributed by atoms with van der Waals surface area (Å²) in [6, 6.07) is 5.39. The van der Waals surface area contributed by atoms with Crippen molar-refractivity contribution in [3.05, 3.63) is 29.3 Å². The van der Waals surface area contributed by atoms with E-state index in [1.54, 1.807) is 12.1 Å². The second kappa shape index (κ2) is 4.75. The van der Waals surface area contributed by atoms with Crippen LogP contribution < -0.4 is 0 Å². The summed E-state index contributed by atoms with van der Waals surface area (Å²) in [6.45, 7) is 2.14. The molecule has 122 valence electrons. The summed E-state index contributed by atoms with van der Waals surface area (Å²) in [5.41, 5.74) is 0.782. The topological polar surface area (TPSA) is 60.7 Å². The summed E-state index contributed by atoms with van der Waals surface area (Å²) < 4.78 is 0. The lowest BCUT2D eigenvalue weighted by molar-refractivity contribution is -0.0729. The first-order valence-electron chi connectivity index (χ1n) is 8.60. The Morgan fingerprint density at radius 2 is 2.00 bits per heavy atom. The fourth-order valence-corrected chi connectivity index (χ4v) is 5.83. The Morgan fingerprint density at radius 1 is 1.22 bits per heavy atom. The highest BCUT2D eigenvalue weighted by molar-refractivity contribution is 5.42. The Hall–Kier alpha value is -1.50. The van der Waals surface area contributed by atoms with E-state index in [0.717, 1.165) is 24.8 Å². The zero-order valence-electron chi connectivity index (χ0n) is 13.5. The first-order chi connectivity index (χ1) is 10.9. The monoisotopic (exact) mass is 312 g/mol. The number of hydrogen-bond donors (Lipinski definition) is 3. The van der Waals surface area contributed by atoms with Crippen molar-refractivity contribution < 1.29 is 15.3 Å². The van der Waals surface area contributed by atoms with Gasteiger partial charge in [0.25, 0.3) is 0 Å². The van der Waals surface area contributed by atoms with Crippen LogP contribution in [-0.2, 0) is 0 Å². The molecular formula is C20H24O3. The third kappa shape index (κ3) is 1.86. The fraction of sp³-hybridized carbons (Fsp3) is 0.600. The predicted molar refractivity (Wildman–Crippen MR) is 87.8 cm³/mol. The van der Waals surface area contributed by atoms with Gasteiger partial charge in [-0.25, -0.2) is 0 Å². The molecule has 0 heterocycles. The van der Waals surface area contributed by atoms with Crippen molar-refractivity contribution in [1.82, 2.24) is 0 Å². The van der Waals surface area contributed by atoms with Gasteiger partial charge < -0.3 is 15.3 Å². The molecule has 0 amide bonds. The molecule has 3 aliphatic carbocycles. The lowest BCUT2D eigenvalue weighted by atomic mass is 9.53.